The molecule has 6 nitrogen and oxygen atoms in total. The molecule has 0 radical (unpaired) electrons. The average molecular weight is 364 g/mol. The van der Waals surface area contributed by atoms with Gasteiger partial charge in [-0.15, -0.1) is 0 Å². The van der Waals surface area contributed by atoms with E-state index in [1.54, 1.807) is 6.92 Å². The SMILES string of the molecule is C=C1O[C@H]([C@@H](O)CO)C(OC2CC(C)(C)C(C=C(C)C)=C(C)C2=O)=C1O. The normalized spacial score (nSPS) is 26.7. The molecule has 1 aliphatic heterocycles. The van der Waals surface area contributed by atoms with Crippen molar-refractivity contribution in [1.29, 1.82) is 0 Å². The first-order valence-corrected chi connectivity index (χ1v) is 8.64. The van der Waals surface area contributed by atoms with E-state index in [0.717, 1.165) is 11.1 Å². The minimum Gasteiger partial charge on any atom is -0.502 e. The maximum Gasteiger partial charge on any atom is 0.199 e. The van der Waals surface area contributed by atoms with Crippen LogP contribution >= 0.6 is 0 Å². The Labute approximate surface area is 154 Å². The number of allylic oxidation sites excluding steroid dienone is 3. The number of Topliss-reactive ketones (excluding diaryl/α,β-unsaturated/α-hetero) is 1. The van der Waals surface area contributed by atoms with Crippen LogP contribution in [0, 0.1) is 5.41 Å². The molecule has 144 valence electrons. The summed E-state index contributed by atoms with van der Waals surface area (Å²) in [5.74, 6) is -0.640. The van der Waals surface area contributed by atoms with Gasteiger partial charge in [-0.3, -0.25) is 4.79 Å². The first-order valence-electron chi connectivity index (χ1n) is 8.64. The topological polar surface area (TPSA) is 96.2 Å². The Morgan fingerprint density at radius 3 is 2.62 bits per heavy atom. The summed E-state index contributed by atoms with van der Waals surface area (Å²) in [6.45, 7) is 12.8. The van der Waals surface area contributed by atoms with E-state index in [2.05, 4.69) is 6.58 Å². The monoisotopic (exact) mass is 364 g/mol. The first kappa shape index (κ1) is 20.3. The number of hydrogen-bond acceptors (Lipinski definition) is 6. The zero-order valence-corrected chi connectivity index (χ0v) is 16.0. The van der Waals surface area contributed by atoms with Crippen molar-refractivity contribution in [3.05, 3.63) is 46.7 Å². The molecule has 2 rings (SSSR count). The Kier molecular flexibility index (Phi) is 5.68. The summed E-state index contributed by atoms with van der Waals surface area (Å²) in [5, 5.41) is 29.3. The Morgan fingerprint density at radius 2 is 2.08 bits per heavy atom. The summed E-state index contributed by atoms with van der Waals surface area (Å²) in [4.78, 5) is 12.8. The molecular weight excluding hydrogens is 336 g/mol. The maximum absolute atomic E-state index is 12.8. The lowest BCUT2D eigenvalue weighted by Crippen LogP contribution is -2.40. The van der Waals surface area contributed by atoms with Crippen molar-refractivity contribution < 1.29 is 29.6 Å². The van der Waals surface area contributed by atoms with E-state index in [1.807, 2.05) is 33.8 Å². The molecule has 6 heteroatoms. The molecule has 0 saturated heterocycles. The van der Waals surface area contributed by atoms with E-state index in [-0.39, 0.29) is 28.5 Å². The van der Waals surface area contributed by atoms with Crippen LogP contribution < -0.4 is 0 Å². The van der Waals surface area contributed by atoms with Gasteiger partial charge in [-0.25, -0.2) is 0 Å². The van der Waals surface area contributed by atoms with Gasteiger partial charge in [0.2, 0.25) is 0 Å². The highest BCUT2D eigenvalue weighted by molar-refractivity contribution is 6.00. The van der Waals surface area contributed by atoms with Crippen LogP contribution in [0.5, 0.6) is 0 Å². The quantitative estimate of drug-likeness (QED) is 0.694. The van der Waals surface area contributed by atoms with Crippen molar-refractivity contribution in [2.75, 3.05) is 6.61 Å². The lowest BCUT2D eigenvalue weighted by molar-refractivity contribution is -0.129. The van der Waals surface area contributed by atoms with Crippen molar-refractivity contribution in [3.63, 3.8) is 0 Å². The third kappa shape index (κ3) is 3.71. The summed E-state index contributed by atoms with van der Waals surface area (Å²) >= 11 is 0. The zero-order chi connectivity index (χ0) is 19.8. The number of aliphatic hydroxyl groups excluding tert-OH is 3. The smallest absolute Gasteiger partial charge is 0.199 e. The first-order chi connectivity index (χ1) is 12.0. The van der Waals surface area contributed by atoms with Crippen molar-refractivity contribution in [1.82, 2.24) is 0 Å². The molecule has 2 aliphatic rings. The predicted molar refractivity (Wildman–Crippen MR) is 97.2 cm³/mol. The highest BCUT2D eigenvalue weighted by Gasteiger charge is 2.44. The number of hydrogen-bond donors (Lipinski definition) is 3. The Balaban J connectivity index is 2.36. The minimum absolute atomic E-state index is 0.0579. The van der Waals surface area contributed by atoms with Gasteiger partial charge in [0, 0.05) is 6.42 Å². The maximum atomic E-state index is 12.8. The van der Waals surface area contributed by atoms with E-state index in [4.69, 9.17) is 9.47 Å². The summed E-state index contributed by atoms with van der Waals surface area (Å²) in [7, 11) is 0. The molecule has 3 N–H and O–H groups in total. The van der Waals surface area contributed by atoms with Crippen LogP contribution in [0.2, 0.25) is 0 Å². The molecule has 0 spiro atoms. The average Bonchev–Trinajstić information content (AvgIpc) is 2.83. The van der Waals surface area contributed by atoms with E-state index >= 15 is 0 Å². The molecular formula is C20H28O6. The van der Waals surface area contributed by atoms with Gasteiger partial charge in [0.15, 0.2) is 35.3 Å². The van der Waals surface area contributed by atoms with Crippen LogP contribution in [-0.4, -0.2) is 46.0 Å². The van der Waals surface area contributed by atoms with Gasteiger partial charge in [-0.2, -0.15) is 0 Å². The highest BCUT2D eigenvalue weighted by Crippen LogP contribution is 2.42. The van der Waals surface area contributed by atoms with Crippen LogP contribution in [0.1, 0.15) is 41.0 Å². The van der Waals surface area contributed by atoms with Crippen molar-refractivity contribution in [2.45, 2.75) is 59.4 Å². The second kappa shape index (κ2) is 7.29. The predicted octanol–water partition coefficient (Wildman–Crippen LogP) is 2.69. The lowest BCUT2D eigenvalue weighted by Gasteiger charge is -2.37. The van der Waals surface area contributed by atoms with Crippen molar-refractivity contribution in [2.24, 2.45) is 5.41 Å². The van der Waals surface area contributed by atoms with Crippen LogP contribution in [0.25, 0.3) is 0 Å². The number of carbonyl (C=O) groups is 1. The molecule has 0 bridgehead atoms. The van der Waals surface area contributed by atoms with Crippen LogP contribution in [-0.2, 0) is 14.3 Å². The van der Waals surface area contributed by atoms with E-state index in [1.165, 1.54) is 0 Å². The van der Waals surface area contributed by atoms with E-state index < -0.39 is 24.9 Å². The number of carbonyl (C=O) groups excluding carboxylic acids is 1. The van der Waals surface area contributed by atoms with Gasteiger partial charge in [-0.05, 0) is 37.3 Å². The van der Waals surface area contributed by atoms with Crippen LogP contribution in [0.15, 0.2) is 46.7 Å². The Hall–Kier alpha value is -2.05. The van der Waals surface area contributed by atoms with Crippen molar-refractivity contribution in [3.8, 4) is 0 Å². The lowest BCUT2D eigenvalue weighted by atomic mass is 9.70. The molecule has 0 fully saturated rings. The van der Waals surface area contributed by atoms with Crippen molar-refractivity contribution >= 4 is 5.78 Å². The van der Waals surface area contributed by atoms with Gasteiger partial charge < -0.3 is 24.8 Å². The third-order valence-electron chi connectivity index (χ3n) is 4.75. The largest absolute Gasteiger partial charge is 0.502 e. The molecule has 0 aromatic heterocycles. The van der Waals surface area contributed by atoms with E-state index in [0.29, 0.717) is 12.0 Å². The summed E-state index contributed by atoms with van der Waals surface area (Å²) < 4.78 is 11.1. The fourth-order valence-corrected chi connectivity index (χ4v) is 3.40. The van der Waals surface area contributed by atoms with Crippen LogP contribution in [0.3, 0.4) is 0 Å². The van der Waals surface area contributed by atoms with Gasteiger partial charge >= 0.3 is 0 Å². The fourth-order valence-electron chi connectivity index (χ4n) is 3.40. The zero-order valence-electron chi connectivity index (χ0n) is 16.0. The molecule has 0 amide bonds. The molecule has 26 heavy (non-hydrogen) atoms. The molecule has 0 aromatic rings. The molecule has 1 aliphatic carbocycles. The minimum atomic E-state index is -1.30. The molecule has 1 unspecified atom stereocenters. The summed E-state index contributed by atoms with van der Waals surface area (Å²) in [6, 6.07) is 0. The van der Waals surface area contributed by atoms with Crippen LogP contribution in [0.4, 0.5) is 0 Å². The molecule has 0 saturated carbocycles. The number of ether oxygens (including phenoxy) is 2. The summed E-state index contributed by atoms with van der Waals surface area (Å²) in [5.41, 5.74) is 2.38. The standard InChI is InChI=1S/C20H28O6/c1-10(2)7-13-11(3)16(23)15(8-20(13,5)6)26-19-17(24)12(4)25-18(19)14(22)9-21/h7,14-15,18,21-22,24H,4,8-9H2,1-3,5-6H3/t14-,15?,18+/m0/s1. The third-order valence-corrected chi connectivity index (χ3v) is 4.75. The van der Waals surface area contributed by atoms with Gasteiger partial charge in [0.25, 0.3) is 0 Å². The van der Waals surface area contributed by atoms with E-state index in [9.17, 15) is 20.1 Å². The Morgan fingerprint density at radius 1 is 1.46 bits per heavy atom. The van der Waals surface area contributed by atoms with Gasteiger partial charge in [0.05, 0.1) is 6.61 Å². The second-order valence-electron chi connectivity index (χ2n) is 7.74. The molecule has 1 heterocycles. The number of rotatable bonds is 5. The Bertz CT molecular complexity index is 706. The number of ketones is 1. The molecule has 3 atom stereocenters. The second-order valence-corrected chi connectivity index (χ2v) is 7.74. The fraction of sp³-hybridized carbons (Fsp3) is 0.550. The van der Waals surface area contributed by atoms with Gasteiger partial charge in [-0.1, -0.05) is 32.1 Å². The van der Waals surface area contributed by atoms with Gasteiger partial charge in [0.1, 0.15) is 6.10 Å². The summed E-state index contributed by atoms with van der Waals surface area (Å²) in [6.07, 6.45) is -0.783. The molecule has 0 aromatic carbocycles. The number of aliphatic hydroxyl groups is 3. The highest BCUT2D eigenvalue weighted by atomic mass is 16.6.